The molecule has 0 spiro atoms. The first-order valence-corrected chi connectivity index (χ1v) is 10.2. The maximum absolute atomic E-state index is 12.6. The number of para-hydroxylation sites is 1. The van der Waals surface area contributed by atoms with Gasteiger partial charge in [-0.25, -0.2) is 14.3 Å². The average molecular weight is 384 g/mol. The number of rotatable bonds is 2. The molecule has 3 aromatic rings. The second-order valence-electron chi connectivity index (χ2n) is 5.57. The van der Waals surface area contributed by atoms with Crippen LogP contribution in [0.3, 0.4) is 0 Å². The lowest BCUT2D eigenvalue weighted by Crippen LogP contribution is -2.32. The van der Waals surface area contributed by atoms with Crippen LogP contribution in [0.4, 0.5) is 0 Å². The summed E-state index contributed by atoms with van der Waals surface area (Å²) < 4.78 is 13.8. The maximum Gasteiger partial charge on any atom is 0.334 e. The van der Waals surface area contributed by atoms with E-state index in [0.717, 1.165) is 0 Å². The van der Waals surface area contributed by atoms with Crippen molar-refractivity contribution in [2.24, 2.45) is 0 Å². The van der Waals surface area contributed by atoms with Crippen LogP contribution in [0.25, 0.3) is 16.7 Å². The summed E-state index contributed by atoms with van der Waals surface area (Å²) in [4.78, 5) is 30.8. The molecule has 124 valence electrons. The van der Waals surface area contributed by atoms with Gasteiger partial charge >= 0.3 is 5.69 Å². The van der Waals surface area contributed by atoms with Gasteiger partial charge in [-0.15, -0.1) is 0 Å². The topological polar surface area (TPSA) is 84.8 Å². The van der Waals surface area contributed by atoms with Gasteiger partial charge in [-0.1, -0.05) is 35.3 Å². The normalized spacial score (nSPS) is 11.8. The lowest BCUT2D eigenvalue weighted by Gasteiger charge is -2.16. The molecule has 2 heterocycles. The number of benzene rings is 1. The van der Waals surface area contributed by atoms with Crippen molar-refractivity contribution in [3.05, 3.63) is 61.3 Å². The zero-order valence-corrected chi connectivity index (χ0v) is 15.1. The van der Waals surface area contributed by atoms with Crippen LogP contribution in [0.1, 0.15) is 0 Å². The number of halogens is 2. The Morgan fingerprint density at radius 3 is 2.50 bits per heavy atom. The van der Waals surface area contributed by atoms with E-state index in [1.54, 1.807) is 37.6 Å². The fourth-order valence-corrected chi connectivity index (χ4v) is 3.90. The third-order valence-corrected chi connectivity index (χ3v) is 5.71. The molecule has 0 saturated carbocycles. The van der Waals surface area contributed by atoms with Crippen LogP contribution in [0.15, 0.2) is 39.9 Å². The van der Waals surface area contributed by atoms with Crippen LogP contribution in [0.2, 0.25) is 10.2 Å². The Kier molecular flexibility index (Phi) is 4.16. The molecule has 0 saturated heterocycles. The Balaban J connectivity index is 2.54. The number of nitrogens with one attached hydrogen (secondary N) is 1. The van der Waals surface area contributed by atoms with E-state index in [9.17, 15) is 14.2 Å². The highest BCUT2D eigenvalue weighted by molar-refractivity contribution is 7.70. The molecule has 0 aliphatic carbocycles. The van der Waals surface area contributed by atoms with Crippen molar-refractivity contribution in [2.45, 2.75) is 0 Å². The number of pyridine rings is 1. The standard InChI is InChI=1S/C15H12Cl2N3O3P/c1-24(2,23)11-6-4-3-5-10(11)20-13-8(14(21)19-15(20)22)7-9(16)12(17)18-13/h3-7H,1-2H3,(H,19,21,22). The predicted octanol–water partition coefficient (Wildman–Crippen LogP) is 2.63. The molecule has 0 radical (unpaired) electrons. The van der Waals surface area contributed by atoms with E-state index in [-0.39, 0.29) is 21.2 Å². The molecule has 0 atom stereocenters. The molecule has 0 unspecified atom stereocenters. The summed E-state index contributed by atoms with van der Waals surface area (Å²) in [5, 5.41) is 0.676. The molecular weight excluding hydrogens is 372 g/mol. The number of nitrogens with zero attached hydrogens (tertiary/aromatic N) is 2. The van der Waals surface area contributed by atoms with E-state index in [1.165, 1.54) is 10.6 Å². The van der Waals surface area contributed by atoms with E-state index in [2.05, 4.69) is 9.97 Å². The Hall–Kier alpha value is -1.88. The van der Waals surface area contributed by atoms with Gasteiger partial charge in [-0.2, -0.15) is 0 Å². The van der Waals surface area contributed by atoms with Gasteiger partial charge in [0, 0.05) is 5.30 Å². The first-order valence-electron chi connectivity index (χ1n) is 6.86. The van der Waals surface area contributed by atoms with Crippen molar-refractivity contribution in [2.75, 3.05) is 13.3 Å². The highest BCUT2D eigenvalue weighted by atomic mass is 35.5. The third kappa shape index (κ3) is 2.81. The predicted molar refractivity (Wildman–Crippen MR) is 97.1 cm³/mol. The first kappa shape index (κ1) is 17.0. The average Bonchev–Trinajstić information content (AvgIpc) is 2.49. The SMILES string of the molecule is CP(C)(=O)c1ccccc1-n1c(=O)[nH]c(=O)c2cc(Cl)c(Cl)nc21. The molecule has 2 aromatic heterocycles. The molecule has 9 heteroatoms. The molecule has 0 fully saturated rings. The van der Waals surface area contributed by atoms with Gasteiger partial charge in [0.1, 0.15) is 12.3 Å². The molecule has 24 heavy (non-hydrogen) atoms. The third-order valence-electron chi connectivity index (χ3n) is 3.50. The van der Waals surface area contributed by atoms with E-state index in [1.807, 2.05) is 0 Å². The summed E-state index contributed by atoms with van der Waals surface area (Å²) >= 11 is 11.9. The number of fused-ring (bicyclic) bond motifs is 1. The molecule has 6 nitrogen and oxygen atoms in total. The molecule has 3 rings (SSSR count). The molecule has 0 bridgehead atoms. The monoisotopic (exact) mass is 383 g/mol. The minimum absolute atomic E-state index is 0.0309. The summed E-state index contributed by atoms with van der Waals surface area (Å²) in [7, 11) is -2.69. The zero-order valence-electron chi connectivity index (χ0n) is 12.7. The van der Waals surface area contributed by atoms with Gasteiger partial charge in [0.15, 0.2) is 5.65 Å². The van der Waals surface area contributed by atoms with Crippen LogP contribution >= 0.6 is 30.3 Å². The van der Waals surface area contributed by atoms with Crippen molar-refractivity contribution in [3.63, 3.8) is 0 Å². The van der Waals surface area contributed by atoms with Crippen molar-refractivity contribution >= 4 is 46.7 Å². The molecule has 1 N–H and O–H groups in total. The Labute approximate surface area is 146 Å². The lowest BCUT2D eigenvalue weighted by atomic mass is 10.3. The second-order valence-corrected chi connectivity index (χ2v) is 9.52. The zero-order chi connectivity index (χ0) is 17.6. The van der Waals surface area contributed by atoms with Gasteiger partial charge < -0.3 is 4.57 Å². The fraction of sp³-hybridized carbons (Fsp3) is 0.133. The number of hydrogen-bond donors (Lipinski definition) is 1. The summed E-state index contributed by atoms with van der Waals surface area (Å²) in [5.74, 6) is 0. The molecule has 0 amide bonds. The van der Waals surface area contributed by atoms with Crippen LogP contribution in [-0.4, -0.2) is 27.9 Å². The van der Waals surface area contributed by atoms with Crippen molar-refractivity contribution < 1.29 is 4.57 Å². The Bertz CT molecular complexity index is 1130. The quantitative estimate of drug-likeness (QED) is 0.544. The summed E-state index contributed by atoms with van der Waals surface area (Å²) in [6, 6.07) is 8.10. The smallest absolute Gasteiger partial charge is 0.319 e. The Morgan fingerprint density at radius 1 is 1.17 bits per heavy atom. The van der Waals surface area contributed by atoms with Crippen LogP contribution in [-0.2, 0) is 4.57 Å². The van der Waals surface area contributed by atoms with Crippen molar-refractivity contribution in [1.29, 1.82) is 0 Å². The largest absolute Gasteiger partial charge is 0.334 e. The van der Waals surface area contributed by atoms with Gasteiger partial charge in [-0.3, -0.25) is 9.78 Å². The van der Waals surface area contributed by atoms with E-state index in [4.69, 9.17) is 23.2 Å². The van der Waals surface area contributed by atoms with Gasteiger partial charge in [0.2, 0.25) is 0 Å². The summed E-state index contributed by atoms with van der Waals surface area (Å²) in [6.07, 6.45) is 0. The lowest BCUT2D eigenvalue weighted by molar-refractivity contribution is 0.588. The second kappa shape index (κ2) is 5.88. The fourth-order valence-electron chi connectivity index (χ4n) is 2.44. The number of H-pyrrole nitrogens is 1. The number of aromatic amines is 1. The van der Waals surface area contributed by atoms with Crippen LogP contribution < -0.4 is 16.6 Å². The van der Waals surface area contributed by atoms with Crippen molar-refractivity contribution in [3.8, 4) is 5.69 Å². The number of hydrogen-bond acceptors (Lipinski definition) is 4. The van der Waals surface area contributed by atoms with Gasteiger partial charge in [-0.05, 0) is 31.5 Å². The van der Waals surface area contributed by atoms with E-state index < -0.39 is 18.4 Å². The molecule has 0 aliphatic heterocycles. The summed E-state index contributed by atoms with van der Waals surface area (Å²) in [5.41, 5.74) is -0.882. The van der Waals surface area contributed by atoms with Crippen LogP contribution in [0, 0.1) is 0 Å². The number of aromatic nitrogens is 3. The van der Waals surface area contributed by atoms with E-state index in [0.29, 0.717) is 11.0 Å². The molecule has 0 aliphatic rings. The molecule has 1 aromatic carbocycles. The molecular formula is C15H12Cl2N3O3P. The Morgan fingerprint density at radius 2 is 1.83 bits per heavy atom. The minimum Gasteiger partial charge on any atom is -0.319 e. The highest BCUT2D eigenvalue weighted by Crippen LogP contribution is 2.37. The van der Waals surface area contributed by atoms with Gasteiger partial charge in [0.05, 0.1) is 16.1 Å². The summed E-state index contributed by atoms with van der Waals surface area (Å²) in [6.45, 7) is 3.20. The van der Waals surface area contributed by atoms with Crippen LogP contribution in [0.5, 0.6) is 0 Å². The maximum atomic E-state index is 12.6. The van der Waals surface area contributed by atoms with Crippen molar-refractivity contribution in [1.82, 2.24) is 14.5 Å². The first-order chi connectivity index (χ1) is 11.2. The van der Waals surface area contributed by atoms with Gasteiger partial charge in [0.25, 0.3) is 5.56 Å². The minimum atomic E-state index is -2.69. The van der Waals surface area contributed by atoms with E-state index >= 15 is 0 Å². The highest BCUT2D eigenvalue weighted by Gasteiger charge is 2.20.